The molecule has 0 aromatic rings. The lowest BCUT2D eigenvalue weighted by atomic mass is 9.99. The number of nitrogens with one attached hydrogen (secondary N) is 1. The molecule has 0 aromatic heterocycles. The summed E-state index contributed by atoms with van der Waals surface area (Å²) in [4.78, 5) is 24.6. The Labute approximate surface area is 109 Å². The summed E-state index contributed by atoms with van der Waals surface area (Å²) in [5, 5.41) is 11.9. The van der Waals surface area contributed by atoms with E-state index >= 15 is 0 Å². The van der Waals surface area contributed by atoms with Crippen LogP contribution in [0.15, 0.2) is 0 Å². The molecule has 0 aromatic carbocycles. The highest BCUT2D eigenvalue weighted by Gasteiger charge is 2.35. The molecule has 2 atom stereocenters. The molecule has 0 radical (unpaired) electrons. The number of carboxylic acid groups (broad SMARTS) is 1. The Balaban J connectivity index is 2.27. The number of carbonyl (C=O) groups is 2. The van der Waals surface area contributed by atoms with Crippen LogP contribution < -0.4 is 5.32 Å². The van der Waals surface area contributed by atoms with Crippen molar-refractivity contribution in [2.45, 2.75) is 27.2 Å². The SMILES string of the molecule is CC(C)CCNC(=O)CN1CC(C)C(C(=O)O)C1. The average molecular weight is 256 g/mol. The van der Waals surface area contributed by atoms with Crippen molar-refractivity contribution in [2.24, 2.45) is 17.8 Å². The average Bonchev–Trinajstić information content (AvgIpc) is 2.58. The summed E-state index contributed by atoms with van der Waals surface area (Å²) in [6.07, 6.45) is 0.972. The van der Waals surface area contributed by atoms with E-state index in [-0.39, 0.29) is 17.7 Å². The van der Waals surface area contributed by atoms with Crippen LogP contribution in [-0.4, -0.2) is 48.1 Å². The maximum atomic E-state index is 11.7. The summed E-state index contributed by atoms with van der Waals surface area (Å²) in [7, 11) is 0. The molecule has 0 aliphatic carbocycles. The first-order valence-corrected chi connectivity index (χ1v) is 6.62. The summed E-state index contributed by atoms with van der Waals surface area (Å²) in [6.45, 7) is 8.34. The Morgan fingerprint density at radius 3 is 2.56 bits per heavy atom. The number of nitrogens with zero attached hydrogens (tertiary/aromatic N) is 1. The van der Waals surface area contributed by atoms with E-state index in [9.17, 15) is 9.59 Å². The van der Waals surface area contributed by atoms with Gasteiger partial charge in [-0.2, -0.15) is 0 Å². The van der Waals surface area contributed by atoms with Crippen LogP contribution in [0.2, 0.25) is 0 Å². The minimum Gasteiger partial charge on any atom is -0.481 e. The minimum absolute atomic E-state index is 0.00566. The maximum absolute atomic E-state index is 11.7. The van der Waals surface area contributed by atoms with Crippen LogP contribution in [-0.2, 0) is 9.59 Å². The van der Waals surface area contributed by atoms with Gasteiger partial charge in [-0.15, -0.1) is 0 Å². The van der Waals surface area contributed by atoms with E-state index in [2.05, 4.69) is 19.2 Å². The Morgan fingerprint density at radius 2 is 2.06 bits per heavy atom. The van der Waals surface area contributed by atoms with Gasteiger partial charge in [-0.1, -0.05) is 20.8 Å². The smallest absolute Gasteiger partial charge is 0.308 e. The van der Waals surface area contributed by atoms with E-state index in [4.69, 9.17) is 5.11 Å². The predicted molar refractivity (Wildman–Crippen MR) is 69.2 cm³/mol. The monoisotopic (exact) mass is 256 g/mol. The summed E-state index contributed by atoms with van der Waals surface area (Å²) in [6, 6.07) is 0. The number of hydrogen-bond acceptors (Lipinski definition) is 3. The van der Waals surface area contributed by atoms with Gasteiger partial charge in [0.05, 0.1) is 12.5 Å². The molecule has 1 rings (SSSR count). The highest BCUT2D eigenvalue weighted by molar-refractivity contribution is 5.78. The van der Waals surface area contributed by atoms with Gasteiger partial charge in [0.15, 0.2) is 0 Å². The second kappa shape index (κ2) is 6.73. The van der Waals surface area contributed by atoms with Crippen LogP contribution in [0.3, 0.4) is 0 Å². The fourth-order valence-corrected chi connectivity index (χ4v) is 2.28. The standard InChI is InChI=1S/C13H24N2O3/c1-9(2)4-5-14-12(16)8-15-6-10(3)11(7-15)13(17)18/h9-11H,4-8H2,1-3H3,(H,14,16)(H,17,18). The third-order valence-electron chi connectivity index (χ3n) is 3.42. The van der Waals surface area contributed by atoms with Gasteiger partial charge >= 0.3 is 5.97 Å². The third-order valence-corrected chi connectivity index (χ3v) is 3.42. The number of amides is 1. The van der Waals surface area contributed by atoms with E-state index in [0.717, 1.165) is 6.42 Å². The van der Waals surface area contributed by atoms with Crippen molar-refractivity contribution < 1.29 is 14.7 Å². The maximum Gasteiger partial charge on any atom is 0.308 e. The topological polar surface area (TPSA) is 69.6 Å². The zero-order valence-corrected chi connectivity index (χ0v) is 11.5. The van der Waals surface area contributed by atoms with Crippen molar-refractivity contribution in [1.29, 1.82) is 0 Å². The van der Waals surface area contributed by atoms with E-state index in [1.54, 1.807) is 0 Å². The Morgan fingerprint density at radius 1 is 1.39 bits per heavy atom. The van der Waals surface area contributed by atoms with E-state index in [0.29, 0.717) is 32.1 Å². The van der Waals surface area contributed by atoms with Crippen LogP contribution in [0.25, 0.3) is 0 Å². The lowest BCUT2D eigenvalue weighted by Crippen LogP contribution is -2.37. The number of carboxylic acids is 1. The van der Waals surface area contributed by atoms with Crippen molar-refractivity contribution in [1.82, 2.24) is 10.2 Å². The number of rotatable bonds is 6. The van der Waals surface area contributed by atoms with Crippen molar-refractivity contribution in [3.63, 3.8) is 0 Å². The van der Waals surface area contributed by atoms with Crippen LogP contribution >= 0.6 is 0 Å². The normalized spacial score (nSPS) is 24.4. The number of carbonyl (C=O) groups excluding carboxylic acids is 1. The highest BCUT2D eigenvalue weighted by Crippen LogP contribution is 2.22. The van der Waals surface area contributed by atoms with Gasteiger partial charge < -0.3 is 10.4 Å². The van der Waals surface area contributed by atoms with E-state index in [1.807, 2.05) is 11.8 Å². The lowest BCUT2D eigenvalue weighted by Gasteiger charge is -2.15. The third kappa shape index (κ3) is 4.64. The van der Waals surface area contributed by atoms with Gasteiger partial charge in [0.1, 0.15) is 0 Å². The molecule has 1 amide bonds. The second-order valence-corrected chi connectivity index (χ2v) is 5.65. The molecule has 1 heterocycles. The molecule has 104 valence electrons. The van der Waals surface area contributed by atoms with Crippen LogP contribution in [0.4, 0.5) is 0 Å². The highest BCUT2D eigenvalue weighted by atomic mass is 16.4. The van der Waals surface area contributed by atoms with Crippen LogP contribution in [0, 0.1) is 17.8 Å². The van der Waals surface area contributed by atoms with Gasteiger partial charge in [0.25, 0.3) is 0 Å². The molecule has 2 N–H and O–H groups in total. The fraction of sp³-hybridized carbons (Fsp3) is 0.846. The first-order chi connectivity index (χ1) is 8.40. The number of aliphatic carboxylic acids is 1. The molecule has 0 spiro atoms. The first kappa shape index (κ1) is 15.0. The Bertz CT molecular complexity index is 305. The van der Waals surface area contributed by atoms with Gasteiger partial charge in [-0.05, 0) is 18.3 Å². The summed E-state index contributed by atoms with van der Waals surface area (Å²) >= 11 is 0. The molecule has 2 unspecified atom stereocenters. The van der Waals surface area contributed by atoms with Gasteiger partial charge in [-0.3, -0.25) is 14.5 Å². The van der Waals surface area contributed by atoms with E-state index in [1.165, 1.54) is 0 Å². The summed E-state index contributed by atoms with van der Waals surface area (Å²) in [5.41, 5.74) is 0. The molecule has 0 bridgehead atoms. The molecule has 18 heavy (non-hydrogen) atoms. The number of likely N-dealkylation sites (tertiary alicyclic amines) is 1. The number of hydrogen-bond donors (Lipinski definition) is 2. The van der Waals surface area contributed by atoms with Crippen LogP contribution in [0.5, 0.6) is 0 Å². The minimum atomic E-state index is -0.759. The first-order valence-electron chi connectivity index (χ1n) is 6.62. The zero-order valence-electron chi connectivity index (χ0n) is 11.5. The Hall–Kier alpha value is -1.10. The van der Waals surface area contributed by atoms with Gasteiger partial charge in [0.2, 0.25) is 5.91 Å². The van der Waals surface area contributed by atoms with Crippen molar-refractivity contribution in [3.05, 3.63) is 0 Å². The molecule has 1 fully saturated rings. The summed E-state index contributed by atoms with van der Waals surface area (Å²) in [5.74, 6) is -0.410. The molecule has 0 saturated carbocycles. The van der Waals surface area contributed by atoms with Gasteiger partial charge in [-0.25, -0.2) is 0 Å². The zero-order chi connectivity index (χ0) is 13.7. The molecular weight excluding hydrogens is 232 g/mol. The molecule has 5 heteroatoms. The lowest BCUT2D eigenvalue weighted by molar-refractivity contribution is -0.142. The molecule has 1 aliphatic rings. The predicted octanol–water partition coefficient (Wildman–Crippen LogP) is 0.801. The van der Waals surface area contributed by atoms with Gasteiger partial charge in [0, 0.05) is 19.6 Å². The summed E-state index contributed by atoms with van der Waals surface area (Å²) < 4.78 is 0. The molecule has 1 saturated heterocycles. The van der Waals surface area contributed by atoms with E-state index < -0.39 is 5.97 Å². The fourth-order valence-electron chi connectivity index (χ4n) is 2.28. The Kier molecular flexibility index (Phi) is 5.59. The largest absolute Gasteiger partial charge is 0.481 e. The second-order valence-electron chi connectivity index (χ2n) is 5.65. The molecular formula is C13H24N2O3. The van der Waals surface area contributed by atoms with Crippen molar-refractivity contribution >= 4 is 11.9 Å². The molecule has 5 nitrogen and oxygen atoms in total. The van der Waals surface area contributed by atoms with Crippen molar-refractivity contribution in [3.8, 4) is 0 Å². The van der Waals surface area contributed by atoms with Crippen molar-refractivity contribution in [2.75, 3.05) is 26.2 Å². The van der Waals surface area contributed by atoms with Crippen LogP contribution in [0.1, 0.15) is 27.2 Å². The quantitative estimate of drug-likeness (QED) is 0.737. The molecule has 1 aliphatic heterocycles.